The number of nitrogens with one attached hydrogen (secondary N) is 1. The van der Waals surface area contributed by atoms with Gasteiger partial charge in [0, 0.05) is 19.8 Å². The second kappa shape index (κ2) is 7.30. The summed E-state index contributed by atoms with van der Waals surface area (Å²) in [6.07, 6.45) is 0.809. The monoisotopic (exact) mass is 255 g/mol. The molecule has 1 aromatic carbocycles. The number of hydrogen-bond acceptors (Lipinski definition) is 2. The van der Waals surface area contributed by atoms with E-state index in [1.165, 1.54) is 0 Å². The fourth-order valence-corrected chi connectivity index (χ4v) is 1.74. The van der Waals surface area contributed by atoms with Crippen LogP contribution in [0.3, 0.4) is 0 Å². The molecule has 0 atom stereocenters. The molecule has 0 heterocycles. The van der Waals surface area contributed by atoms with E-state index in [-0.39, 0.29) is 5.91 Å². The summed E-state index contributed by atoms with van der Waals surface area (Å²) >= 11 is 6.00. The zero-order chi connectivity index (χ0) is 12.7. The zero-order valence-electron chi connectivity index (χ0n) is 10.3. The molecule has 94 valence electrons. The average molecular weight is 256 g/mol. The molecular formula is C13H18ClNO2. The van der Waals surface area contributed by atoms with Gasteiger partial charge in [-0.1, -0.05) is 17.7 Å². The predicted molar refractivity (Wildman–Crippen MR) is 69.6 cm³/mol. The number of carbonyl (C=O) groups excluding carboxylic acids is 1. The number of amides is 1. The van der Waals surface area contributed by atoms with Crippen molar-refractivity contribution in [3.63, 3.8) is 0 Å². The lowest BCUT2D eigenvalue weighted by Crippen LogP contribution is -2.25. The maximum atomic E-state index is 11.8. The van der Waals surface area contributed by atoms with Crippen molar-refractivity contribution in [2.75, 3.05) is 19.8 Å². The van der Waals surface area contributed by atoms with Crippen molar-refractivity contribution in [2.45, 2.75) is 20.3 Å². The van der Waals surface area contributed by atoms with Gasteiger partial charge in [-0.3, -0.25) is 4.79 Å². The molecule has 0 aliphatic carbocycles. The van der Waals surface area contributed by atoms with Gasteiger partial charge >= 0.3 is 0 Å². The first-order valence-corrected chi connectivity index (χ1v) is 6.15. The van der Waals surface area contributed by atoms with Crippen molar-refractivity contribution < 1.29 is 9.53 Å². The van der Waals surface area contributed by atoms with E-state index in [9.17, 15) is 4.79 Å². The molecule has 0 spiro atoms. The molecule has 0 saturated heterocycles. The van der Waals surface area contributed by atoms with Crippen LogP contribution in [-0.4, -0.2) is 25.7 Å². The summed E-state index contributed by atoms with van der Waals surface area (Å²) in [5, 5.41) is 3.31. The third-order valence-electron chi connectivity index (χ3n) is 2.32. The number of hydrogen-bond donors (Lipinski definition) is 1. The molecule has 3 nitrogen and oxygen atoms in total. The Hall–Kier alpha value is -1.06. The van der Waals surface area contributed by atoms with Gasteiger partial charge in [0.2, 0.25) is 0 Å². The highest BCUT2D eigenvalue weighted by Gasteiger charge is 2.09. The van der Waals surface area contributed by atoms with E-state index < -0.39 is 0 Å². The number of ether oxygens (including phenoxy) is 1. The Morgan fingerprint density at radius 2 is 2.24 bits per heavy atom. The summed E-state index contributed by atoms with van der Waals surface area (Å²) in [6, 6.07) is 5.41. The number of benzene rings is 1. The van der Waals surface area contributed by atoms with E-state index in [2.05, 4.69) is 5.32 Å². The largest absolute Gasteiger partial charge is 0.382 e. The summed E-state index contributed by atoms with van der Waals surface area (Å²) in [7, 11) is 0. The maximum Gasteiger partial charge on any atom is 0.252 e. The first-order chi connectivity index (χ1) is 8.15. The Balaban J connectivity index is 2.42. The van der Waals surface area contributed by atoms with Crippen molar-refractivity contribution in [3.8, 4) is 0 Å². The van der Waals surface area contributed by atoms with E-state index >= 15 is 0 Å². The highest BCUT2D eigenvalue weighted by Crippen LogP contribution is 2.17. The third kappa shape index (κ3) is 4.75. The Morgan fingerprint density at radius 3 is 2.88 bits per heavy atom. The van der Waals surface area contributed by atoms with Crippen LogP contribution in [0.1, 0.15) is 29.3 Å². The van der Waals surface area contributed by atoms with Gasteiger partial charge in [-0.05, 0) is 38.0 Å². The fourth-order valence-electron chi connectivity index (χ4n) is 1.42. The summed E-state index contributed by atoms with van der Waals surface area (Å²) in [6.45, 7) is 5.86. The minimum absolute atomic E-state index is 0.133. The number of carbonyl (C=O) groups is 1. The van der Waals surface area contributed by atoms with E-state index in [4.69, 9.17) is 16.3 Å². The number of rotatable bonds is 6. The molecule has 0 aliphatic heterocycles. The van der Waals surface area contributed by atoms with E-state index in [1.54, 1.807) is 12.1 Å². The lowest BCUT2D eigenvalue weighted by Gasteiger charge is -2.07. The molecule has 0 unspecified atom stereocenters. The minimum atomic E-state index is -0.133. The van der Waals surface area contributed by atoms with Gasteiger partial charge in [-0.25, -0.2) is 0 Å². The first kappa shape index (κ1) is 14.0. The standard InChI is InChI=1S/C13H18ClNO2/c1-3-17-8-4-7-15-13(16)11-6-5-10(2)9-12(11)14/h5-6,9H,3-4,7-8H2,1-2H3,(H,15,16). The maximum absolute atomic E-state index is 11.8. The molecule has 0 bridgehead atoms. The topological polar surface area (TPSA) is 38.3 Å². The van der Waals surface area contributed by atoms with Gasteiger partial charge in [0.1, 0.15) is 0 Å². The van der Waals surface area contributed by atoms with E-state index in [0.717, 1.165) is 12.0 Å². The SMILES string of the molecule is CCOCCCNC(=O)c1ccc(C)cc1Cl. The normalized spacial score (nSPS) is 10.3. The highest BCUT2D eigenvalue weighted by atomic mass is 35.5. The summed E-state index contributed by atoms with van der Waals surface area (Å²) < 4.78 is 5.18. The number of aryl methyl sites for hydroxylation is 1. The van der Waals surface area contributed by atoms with Crippen LogP contribution in [0.4, 0.5) is 0 Å². The van der Waals surface area contributed by atoms with Gasteiger partial charge in [0.05, 0.1) is 10.6 Å². The quantitative estimate of drug-likeness (QED) is 0.794. The summed E-state index contributed by atoms with van der Waals surface area (Å²) in [5.41, 5.74) is 1.57. The molecule has 0 saturated carbocycles. The van der Waals surface area contributed by atoms with E-state index in [1.807, 2.05) is 19.9 Å². The fraction of sp³-hybridized carbons (Fsp3) is 0.462. The smallest absolute Gasteiger partial charge is 0.252 e. The van der Waals surface area contributed by atoms with Crippen LogP contribution in [-0.2, 0) is 4.74 Å². The minimum Gasteiger partial charge on any atom is -0.382 e. The second-order valence-corrected chi connectivity index (χ2v) is 4.20. The Labute approximate surface area is 107 Å². The van der Waals surface area contributed by atoms with Crippen LogP contribution < -0.4 is 5.32 Å². The Bertz CT molecular complexity index is 380. The predicted octanol–water partition coefficient (Wildman–Crippen LogP) is 2.80. The molecule has 0 aliphatic rings. The molecule has 1 amide bonds. The van der Waals surface area contributed by atoms with Gasteiger partial charge in [-0.15, -0.1) is 0 Å². The summed E-state index contributed by atoms with van der Waals surface area (Å²) in [5.74, 6) is -0.133. The molecule has 1 aromatic rings. The average Bonchev–Trinajstić information content (AvgIpc) is 2.28. The van der Waals surface area contributed by atoms with Crippen LogP contribution in [0.25, 0.3) is 0 Å². The third-order valence-corrected chi connectivity index (χ3v) is 2.64. The molecule has 0 radical (unpaired) electrons. The van der Waals surface area contributed by atoms with Crippen molar-refractivity contribution in [1.82, 2.24) is 5.32 Å². The van der Waals surface area contributed by atoms with Crippen LogP contribution in [0.5, 0.6) is 0 Å². The van der Waals surface area contributed by atoms with Crippen LogP contribution in [0, 0.1) is 6.92 Å². The van der Waals surface area contributed by atoms with Crippen LogP contribution in [0.15, 0.2) is 18.2 Å². The van der Waals surface area contributed by atoms with Gasteiger partial charge in [-0.2, -0.15) is 0 Å². The van der Waals surface area contributed by atoms with E-state index in [0.29, 0.717) is 30.3 Å². The molecule has 4 heteroatoms. The highest BCUT2D eigenvalue weighted by molar-refractivity contribution is 6.33. The van der Waals surface area contributed by atoms with Gasteiger partial charge < -0.3 is 10.1 Å². The van der Waals surface area contributed by atoms with Crippen molar-refractivity contribution in [3.05, 3.63) is 34.3 Å². The van der Waals surface area contributed by atoms with Crippen LogP contribution in [0.2, 0.25) is 5.02 Å². The lowest BCUT2D eigenvalue weighted by atomic mass is 10.1. The lowest BCUT2D eigenvalue weighted by molar-refractivity contribution is 0.0944. The zero-order valence-corrected chi connectivity index (χ0v) is 11.0. The second-order valence-electron chi connectivity index (χ2n) is 3.79. The molecule has 0 fully saturated rings. The molecule has 0 aromatic heterocycles. The molecule has 1 N–H and O–H groups in total. The first-order valence-electron chi connectivity index (χ1n) is 5.77. The van der Waals surface area contributed by atoms with Crippen LogP contribution >= 0.6 is 11.6 Å². The van der Waals surface area contributed by atoms with Crippen molar-refractivity contribution >= 4 is 17.5 Å². The summed E-state index contributed by atoms with van der Waals surface area (Å²) in [4.78, 5) is 11.8. The Kier molecular flexibility index (Phi) is 6.01. The Morgan fingerprint density at radius 1 is 1.47 bits per heavy atom. The van der Waals surface area contributed by atoms with Gasteiger partial charge in [0.15, 0.2) is 0 Å². The molecule has 17 heavy (non-hydrogen) atoms. The number of halogens is 1. The molecule has 1 rings (SSSR count). The van der Waals surface area contributed by atoms with Gasteiger partial charge in [0.25, 0.3) is 5.91 Å². The van der Waals surface area contributed by atoms with Crippen molar-refractivity contribution in [2.24, 2.45) is 0 Å². The van der Waals surface area contributed by atoms with Crippen molar-refractivity contribution in [1.29, 1.82) is 0 Å². The molecular weight excluding hydrogens is 238 g/mol.